The van der Waals surface area contributed by atoms with E-state index in [2.05, 4.69) is 92.3 Å². The van der Waals surface area contributed by atoms with Crippen LogP contribution in [0.4, 0.5) is 0 Å². The van der Waals surface area contributed by atoms with Crippen LogP contribution >= 0.6 is 0 Å². The number of aromatic nitrogens is 1. The van der Waals surface area contributed by atoms with Crippen LogP contribution in [0.25, 0.3) is 32.8 Å². The van der Waals surface area contributed by atoms with Crippen molar-refractivity contribution in [1.29, 1.82) is 0 Å². The highest BCUT2D eigenvalue weighted by molar-refractivity contribution is 6.08. The van der Waals surface area contributed by atoms with E-state index in [4.69, 9.17) is 0 Å². The third-order valence-electron chi connectivity index (χ3n) is 4.67. The van der Waals surface area contributed by atoms with E-state index in [1.165, 1.54) is 43.9 Å². The summed E-state index contributed by atoms with van der Waals surface area (Å²) < 4.78 is 2.20. The first kappa shape index (κ1) is 14.0. The molecule has 0 atom stereocenters. The lowest BCUT2D eigenvalue weighted by atomic mass is 9.95. The van der Waals surface area contributed by atoms with Crippen molar-refractivity contribution >= 4 is 21.5 Å². The molecule has 1 nitrogen and oxygen atoms in total. The van der Waals surface area contributed by atoms with Gasteiger partial charge in [-0.15, -0.1) is 0 Å². The fourth-order valence-electron chi connectivity index (χ4n) is 3.39. The molecule has 112 valence electrons. The molecule has 0 saturated heterocycles. The van der Waals surface area contributed by atoms with E-state index in [0.717, 1.165) is 0 Å². The molecule has 0 unspecified atom stereocenters. The summed E-state index contributed by atoms with van der Waals surface area (Å²) >= 11 is 0. The van der Waals surface area contributed by atoms with Crippen LogP contribution in [0.3, 0.4) is 0 Å². The van der Waals surface area contributed by atoms with E-state index < -0.39 is 0 Å². The second-order valence-electron chi connectivity index (χ2n) is 6.38. The van der Waals surface area contributed by atoms with Crippen molar-refractivity contribution in [2.75, 3.05) is 0 Å². The van der Waals surface area contributed by atoms with Gasteiger partial charge in [0.15, 0.2) is 6.20 Å². The Labute approximate surface area is 136 Å². The van der Waals surface area contributed by atoms with Crippen LogP contribution in [0, 0.1) is 13.8 Å². The maximum atomic E-state index is 2.35. The summed E-state index contributed by atoms with van der Waals surface area (Å²) in [6.45, 7) is 4.35. The molecule has 1 heteroatoms. The zero-order valence-corrected chi connectivity index (χ0v) is 13.8. The van der Waals surface area contributed by atoms with Crippen LogP contribution in [0.2, 0.25) is 0 Å². The molecular formula is C22H20N+. The molecule has 0 spiro atoms. The van der Waals surface area contributed by atoms with Gasteiger partial charge < -0.3 is 0 Å². The second-order valence-corrected chi connectivity index (χ2v) is 6.38. The predicted octanol–water partition coefficient (Wildman–Crippen LogP) is 5.10. The minimum absolute atomic E-state index is 1.26. The molecule has 4 rings (SSSR count). The number of nitrogens with zero attached hydrogens (tertiary/aromatic N) is 1. The van der Waals surface area contributed by atoms with Crippen LogP contribution in [0.5, 0.6) is 0 Å². The number of benzene rings is 3. The molecule has 0 aliphatic carbocycles. The van der Waals surface area contributed by atoms with E-state index >= 15 is 0 Å². The number of hydrogen-bond donors (Lipinski definition) is 0. The summed E-state index contributed by atoms with van der Waals surface area (Å²) in [4.78, 5) is 0. The summed E-state index contributed by atoms with van der Waals surface area (Å²) in [7, 11) is 2.11. The molecule has 0 aliphatic rings. The molecule has 0 radical (unpaired) electrons. The van der Waals surface area contributed by atoms with Gasteiger partial charge in [-0.1, -0.05) is 42.5 Å². The van der Waals surface area contributed by atoms with Crippen molar-refractivity contribution in [3.8, 4) is 11.3 Å². The normalized spacial score (nSPS) is 11.3. The number of hydrogen-bond acceptors (Lipinski definition) is 0. The zero-order chi connectivity index (χ0) is 16.0. The fourth-order valence-corrected chi connectivity index (χ4v) is 3.39. The largest absolute Gasteiger partial charge is 0.212 e. The van der Waals surface area contributed by atoms with Crippen LogP contribution < -0.4 is 4.57 Å². The Morgan fingerprint density at radius 2 is 1.52 bits per heavy atom. The molecule has 0 amide bonds. The summed E-state index contributed by atoms with van der Waals surface area (Å²) in [5.41, 5.74) is 5.17. The van der Waals surface area contributed by atoms with E-state index in [1.807, 2.05) is 0 Å². The van der Waals surface area contributed by atoms with Gasteiger partial charge >= 0.3 is 0 Å². The SMILES string of the molecule is Cc1cc[n+](C)c(-c2cc3c(ccc4ccccc43)cc2C)c1. The highest BCUT2D eigenvalue weighted by Gasteiger charge is 2.14. The van der Waals surface area contributed by atoms with Crippen molar-refractivity contribution in [3.05, 3.63) is 78.0 Å². The molecule has 0 bridgehead atoms. The first-order valence-electron chi connectivity index (χ1n) is 8.02. The number of rotatable bonds is 1. The van der Waals surface area contributed by atoms with Gasteiger partial charge in [0.1, 0.15) is 7.05 Å². The Kier molecular flexibility index (Phi) is 3.16. The van der Waals surface area contributed by atoms with Gasteiger partial charge in [-0.3, -0.25) is 0 Å². The highest BCUT2D eigenvalue weighted by Crippen LogP contribution is 2.31. The third kappa shape index (κ3) is 2.29. The molecule has 4 aromatic rings. The number of pyridine rings is 1. The van der Waals surface area contributed by atoms with Gasteiger partial charge in [-0.25, -0.2) is 4.57 Å². The summed E-state index contributed by atoms with van der Waals surface area (Å²) in [5, 5.41) is 5.25. The standard InChI is InChI=1S/C22H20N/c1-15-10-11-23(3)22(12-15)20-14-21-18(13-16(20)2)9-8-17-6-4-5-7-19(17)21/h4-14H,1-3H3/q+1. The van der Waals surface area contributed by atoms with E-state index in [9.17, 15) is 0 Å². The summed E-state index contributed by atoms with van der Waals surface area (Å²) in [6, 6.07) is 22.1. The Bertz CT molecular complexity index is 1040. The molecule has 0 N–H and O–H groups in total. The lowest BCUT2D eigenvalue weighted by Crippen LogP contribution is -2.30. The minimum atomic E-state index is 1.26. The van der Waals surface area contributed by atoms with Gasteiger partial charge in [-0.05, 0) is 52.6 Å². The highest BCUT2D eigenvalue weighted by atomic mass is 14.9. The number of fused-ring (bicyclic) bond motifs is 3. The third-order valence-corrected chi connectivity index (χ3v) is 4.67. The van der Waals surface area contributed by atoms with Crippen LogP contribution in [0.1, 0.15) is 11.1 Å². The molecule has 23 heavy (non-hydrogen) atoms. The van der Waals surface area contributed by atoms with Crippen molar-refractivity contribution in [2.24, 2.45) is 7.05 Å². The van der Waals surface area contributed by atoms with Gasteiger partial charge in [0.25, 0.3) is 0 Å². The Morgan fingerprint density at radius 3 is 2.39 bits per heavy atom. The zero-order valence-electron chi connectivity index (χ0n) is 13.8. The molecule has 3 aromatic carbocycles. The van der Waals surface area contributed by atoms with Crippen molar-refractivity contribution in [2.45, 2.75) is 13.8 Å². The van der Waals surface area contributed by atoms with E-state index in [-0.39, 0.29) is 0 Å². The smallest absolute Gasteiger partial charge is 0.201 e. The molecule has 1 heterocycles. The number of aryl methyl sites for hydroxylation is 3. The van der Waals surface area contributed by atoms with E-state index in [0.29, 0.717) is 0 Å². The first-order chi connectivity index (χ1) is 11.1. The average molecular weight is 298 g/mol. The van der Waals surface area contributed by atoms with Crippen LogP contribution in [-0.4, -0.2) is 0 Å². The molecular weight excluding hydrogens is 278 g/mol. The van der Waals surface area contributed by atoms with Crippen molar-refractivity contribution in [3.63, 3.8) is 0 Å². The molecule has 1 aromatic heterocycles. The maximum Gasteiger partial charge on any atom is 0.212 e. The maximum absolute atomic E-state index is 2.35. The van der Waals surface area contributed by atoms with Gasteiger partial charge in [0.05, 0.1) is 0 Å². The summed E-state index contributed by atoms with van der Waals surface area (Å²) in [6.07, 6.45) is 2.14. The molecule has 0 fully saturated rings. The van der Waals surface area contributed by atoms with Crippen molar-refractivity contribution < 1.29 is 4.57 Å². The van der Waals surface area contributed by atoms with Gasteiger partial charge in [-0.2, -0.15) is 0 Å². The lowest BCUT2D eigenvalue weighted by molar-refractivity contribution is -0.660. The molecule has 0 saturated carbocycles. The monoisotopic (exact) mass is 298 g/mol. The van der Waals surface area contributed by atoms with Crippen LogP contribution in [-0.2, 0) is 7.05 Å². The topological polar surface area (TPSA) is 3.88 Å². The predicted molar refractivity (Wildman–Crippen MR) is 97.5 cm³/mol. The van der Waals surface area contributed by atoms with E-state index in [1.54, 1.807) is 0 Å². The second kappa shape index (κ2) is 5.20. The lowest BCUT2D eigenvalue weighted by Gasteiger charge is -2.10. The average Bonchev–Trinajstić information content (AvgIpc) is 2.56. The van der Waals surface area contributed by atoms with Gasteiger partial charge in [0.2, 0.25) is 5.69 Å². The van der Waals surface area contributed by atoms with Gasteiger partial charge in [0, 0.05) is 17.7 Å². The summed E-state index contributed by atoms with van der Waals surface area (Å²) in [5.74, 6) is 0. The van der Waals surface area contributed by atoms with Crippen LogP contribution in [0.15, 0.2) is 66.9 Å². The minimum Gasteiger partial charge on any atom is -0.201 e. The Balaban J connectivity index is 2.09. The first-order valence-corrected chi connectivity index (χ1v) is 8.02. The van der Waals surface area contributed by atoms with Crippen molar-refractivity contribution in [1.82, 2.24) is 0 Å². The fraction of sp³-hybridized carbons (Fsp3) is 0.136. The Morgan fingerprint density at radius 1 is 0.739 bits per heavy atom. The Hall–Kier alpha value is -2.67. The molecule has 0 aliphatic heterocycles. The quantitative estimate of drug-likeness (QED) is 0.340.